The fourth-order valence-electron chi connectivity index (χ4n) is 4.34. The number of nitrogens with one attached hydrogen (secondary N) is 1. The molecule has 1 aliphatic carbocycles. The second-order valence-electron chi connectivity index (χ2n) is 9.40. The summed E-state index contributed by atoms with van der Waals surface area (Å²) in [4.78, 5) is 21.7. The van der Waals surface area contributed by atoms with Crippen LogP contribution in [0.5, 0.6) is 0 Å². The van der Waals surface area contributed by atoms with Crippen molar-refractivity contribution in [2.24, 2.45) is 5.92 Å². The number of hydrogen-bond acceptors (Lipinski definition) is 8. The van der Waals surface area contributed by atoms with Gasteiger partial charge in [-0.3, -0.25) is 4.79 Å². The fraction of sp³-hybridized carbons (Fsp3) is 0.652. The number of anilines is 3. The highest BCUT2D eigenvalue weighted by atomic mass is 32.1. The van der Waals surface area contributed by atoms with Gasteiger partial charge in [-0.15, -0.1) is 0 Å². The Bertz CT molecular complexity index is 993. The highest BCUT2D eigenvalue weighted by molar-refractivity contribution is 7.09. The van der Waals surface area contributed by atoms with Gasteiger partial charge in [0.15, 0.2) is 5.82 Å². The zero-order chi connectivity index (χ0) is 25.8. The van der Waals surface area contributed by atoms with Gasteiger partial charge in [0.2, 0.25) is 11.0 Å². The Morgan fingerprint density at radius 1 is 1.29 bits per heavy atom. The number of aromatic nitrogens is 3. The van der Waals surface area contributed by atoms with Crippen molar-refractivity contribution in [3.63, 3.8) is 0 Å². The van der Waals surface area contributed by atoms with Crippen molar-refractivity contribution in [3.05, 3.63) is 23.7 Å². The van der Waals surface area contributed by atoms with Crippen LogP contribution in [0.15, 0.2) is 12.3 Å². The molecule has 2 N–H and O–H groups in total. The van der Waals surface area contributed by atoms with Crippen LogP contribution in [0.4, 0.5) is 29.8 Å². The molecule has 35 heavy (non-hydrogen) atoms. The highest BCUT2D eigenvalue weighted by Gasteiger charge is 2.36. The average Bonchev–Trinajstić information content (AvgIpc) is 3.26. The molecule has 0 spiro atoms. The summed E-state index contributed by atoms with van der Waals surface area (Å²) in [6.45, 7) is 6.69. The van der Waals surface area contributed by atoms with E-state index >= 15 is 0 Å². The van der Waals surface area contributed by atoms with Gasteiger partial charge in [0.25, 0.3) is 0 Å². The third-order valence-electron chi connectivity index (χ3n) is 6.11. The van der Waals surface area contributed by atoms with E-state index < -0.39 is 18.0 Å². The molecule has 0 radical (unpaired) electrons. The molecular weight excluding hydrogens is 483 g/mol. The summed E-state index contributed by atoms with van der Waals surface area (Å²) in [6.07, 6.45) is 0.784. The summed E-state index contributed by atoms with van der Waals surface area (Å²) in [5.74, 6) is -1.55. The Kier molecular flexibility index (Phi) is 8.92. The summed E-state index contributed by atoms with van der Waals surface area (Å²) in [6, 6.07) is 1.96. The Morgan fingerprint density at radius 3 is 2.51 bits per heavy atom. The van der Waals surface area contributed by atoms with Crippen LogP contribution in [0.25, 0.3) is 0 Å². The van der Waals surface area contributed by atoms with Gasteiger partial charge in [-0.1, -0.05) is 20.8 Å². The van der Waals surface area contributed by atoms with E-state index in [4.69, 9.17) is 9.72 Å². The van der Waals surface area contributed by atoms with Crippen molar-refractivity contribution in [2.75, 3.05) is 23.9 Å². The normalized spacial score (nSPS) is 19.5. The first kappa shape index (κ1) is 27.1. The zero-order valence-electron chi connectivity index (χ0n) is 20.3. The lowest BCUT2D eigenvalue weighted by Gasteiger charge is -2.39. The molecule has 0 bridgehead atoms. The number of carbonyl (C=O) groups is 1. The maximum Gasteiger partial charge on any atom is 0.452 e. The number of hydrogen-bond donors (Lipinski definition) is 2. The van der Waals surface area contributed by atoms with Crippen molar-refractivity contribution in [1.82, 2.24) is 14.3 Å². The Labute approximate surface area is 207 Å². The summed E-state index contributed by atoms with van der Waals surface area (Å²) in [5.41, 5.74) is 1.16. The van der Waals surface area contributed by atoms with E-state index in [0.29, 0.717) is 41.1 Å². The summed E-state index contributed by atoms with van der Waals surface area (Å²) < 4.78 is 48.1. The molecule has 0 unspecified atom stereocenters. The van der Waals surface area contributed by atoms with Crippen LogP contribution in [0, 0.1) is 5.92 Å². The minimum atomic E-state index is -4.64. The molecule has 0 amide bonds. The SMILES string of the molecule is CO[C@H]1CC[C@H](N(CC(C)C)c2ncc([C@H](C)CC(=O)O)cc2Nc2nc(C(F)(F)F)ns2)CC1. The van der Waals surface area contributed by atoms with Gasteiger partial charge >= 0.3 is 12.1 Å². The number of rotatable bonds is 10. The highest BCUT2D eigenvalue weighted by Crippen LogP contribution is 2.37. The van der Waals surface area contributed by atoms with E-state index in [0.717, 1.165) is 25.7 Å². The van der Waals surface area contributed by atoms with Crippen LogP contribution >= 0.6 is 11.5 Å². The van der Waals surface area contributed by atoms with E-state index in [1.165, 1.54) is 0 Å². The van der Waals surface area contributed by atoms with Crippen LogP contribution in [-0.4, -0.2) is 51.2 Å². The van der Waals surface area contributed by atoms with Crippen molar-refractivity contribution < 1.29 is 27.8 Å². The van der Waals surface area contributed by atoms with Crippen LogP contribution in [0.3, 0.4) is 0 Å². The van der Waals surface area contributed by atoms with Crippen molar-refractivity contribution in [1.29, 1.82) is 0 Å². The first-order chi connectivity index (χ1) is 16.5. The second kappa shape index (κ2) is 11.5. The molecule has 1 fully saturated rings. The van der Waals surface area contributed by atoms with Crippen molar-refractivity contribution in [3.8, 4) is 0 Å². The number of carboxylic acids is 1. The number of ether oxygens (including phenoxy) is 1. The van der Waals surface area contributed by atoms with Gasteiger partial charge in [-0.2, -0.15) is 22.5 Å². The molecule has 0 aromatic carbocycles. The molecule has 12 heteroatoms. The van der Waals surface area contributed by atoms with Gasteiger partial charge in [-0.25, -0.2) is 4.98 Å². The van der Waals surface area contributed by atoms with Gasteiger partial charge in [0, 0.05) is 37.4 Å². The summed E-state index contributed by atoms with van der Waals surface area (Å²) in [7, 11) is 1.72. The quantitative estimate of drug-likeness (QED) is 0.416. The number of halogens is 3. The molecule has 194 valence electrons. The van der Waals surface area contributed by atoms with E-state index in [-0.39, 0.29) is 29.6 Å². The molecule has 3 rings (SSSR count). The topological polar surface area (TPSA) is 100 Å². The fourth-order valence-corrected chi connectivity index (χ4v) is 4.94. The largest absolute Gasteiger partial charge is 0.481 e. The lowest BCUT2D eigenvalue weighted by atomic mass is 9.91. The maximum absolute atomic E-state index is 13.1. The molecular formula is C23H32F3N5O3S. The molecule has 0 saturated heterocycles. The third kappa shape index (κ3) is 7.26. The molecule has 1 saturated carbocycles. The lowest BCUT2D eigenvalue weighted by molar-refractivity contribution is -0.144. The van der Waals surface area contributed by atoms with E-state index in [9.17, 15) is 23.1 Å². The molecule has 1 aliphatic rings. The summed E-state index contributed by atoms with van der Waals surface area (Å²) >= 11 is 0.620. The Balaban J connectivity index is 1.99. The maximum atomic E-state index is 13.1. The molecule has 0 aliphatic heterocycles. The average molecular weight is 516 g/mol. The van der Waals surface area contributed by atoms with Crippen LogP contribution in [-0.2, 0) is 15.7 Å². The van der Waals surface area contributed by atoms with Gasteiger partial charge in [-0.05, 0) is 49.1 Å². The Morgan fingerprint density at radius 2 is 1.97 bits per heavy atom. The first-order valence-corrected chi connectivity index (χ1v) is 12.4. The number of aliphatic carboxylic acids is 1. The number of carboxylic acid groups (broad SMARTS) is 1. The second-order valence-corrected chi connectivity index (χ2v) is 10.1. The third-order valence-corrected chi connectivity index (χ3v) is 6.74. The number of nitrogens with zero attached hydrogens (tertiary/aromatic N) is 4. The zero-order valence-corrected chi connectivity index (χ0v) is 21.1. The van der Waals surface area contributed by atoms with E-state index in [1.807, 2.05) is 0 Å². The minimum Gasteiger partial charge on any atom is -0.481 e. The predicted molar refractivity (Wildman–Crippen MR) is 128 cm³/mol. The molecule has 1 atom stereocenters. The van der Waals surface area contributed by atoms with Crippen molar-refractivity contribution in [2.45, 2.75) is 77.1 Å². The Hall–Kier alpha value is -2.47. The van der Waals surface area contributed by atoms with Crippen molar-refractivity contribution >= 4 is 34.1 Å². The van der Waals surface area contributed by atoms with E-state index in [2.05, 4.69) is 33.4 Å². The molecule has 2 aromatic rings. The molecule has 8 nitrogen and oxygen atoms in total. The summed E-state index contributed by atoms with van der Waals surface area (Å²) in [5, 5.41) is 12.2. The number of alkyl halides is 3. The minimum absolute atomic E-state index is 0.00370. The van der Waals surface area contributed by atoms with E-state index in [1.54, 1.807) is 26.3 Å². The van der Waals surface area contributed by atoms with Gasteiger partial charge in [0.1, 0.15) is 0 Å². The smallest absolute Gasteiger partial charge is 0.452 e. The standard InChI is InChI=1S/C23H32F3N5O3S/c1-13(2)12-31(16-5-7-17(34-4)8-6-16)20-18(10-15(11-27-20)14(3)9-19(32)33)28-22-29-21(30-35-22)23(24,25)26/h10-11,13-14,16-17H,5-9,12H2,1-4H3,(H,32,33)(H,28,29,30)/t14-,16-,17-/m1/s1. The van der Waals surface area contributed by atoms with Crippen LogP contribution in [0.1, 0.15) is 70.2 Å². The lowest BCUT2D eigenvalue weighted by Crippen LogP contribution is -2.42. The number of pyridine rings is 1. The van der Waals surface area contributed by atoms with Crippen LogP contribution in [0.2, 0.25) is 0 Å². The number of methoxy groups -OCH3 is 1. The van der Waals surface area contributed by atoms with Crippen LogP contribution < -0.4 is 10.2 Å². The molecule has 2 heterocycles. The van der Waals surface area contributed by atoms with Gasteiger partial charge < -0.3 is 20.1 Å². The predicted octanol–water partition coefficient (Wildman–Crippen LogP) is 5.69. The van der Waals surface area contributed by atoms with Gasteiger partial charge in [0.05, 0.1) is 18.2 Å². The monoisotopic (exact) mass is 515 g/mol. The first-order valence-electron chi connectivity index (χ1n) is 11.7. The molecule has 2 aromatic heterocycles.